The summed E-state index contributed by atoms with van der Waals surface area (Å²) in [5.41, 5.74) is 3.93. The Morgan fingerprint density at radius 1 is 1.43 bits per heavy atom. The Labute approximate surface area is 129 Å². The maximum atomic E-state index is 9.03. The highest BCUT2D eigenvalue weighted by Gasteiger charge is 2.04. The van der Waals surface area contributed by atoms with Crippen molar-refractivity contribution in [3.8, 4) is 5.75 Å². The number of nitrogens with one attached hydrogen (secondary N) is 1. The molecule has 4 nitrogen and oxygen atoms in total. The van der Waals surface area contributed by atoms with Crippen molar-refractivity contribution in [3.63, 3.8) is 0 Å². The van der Waals surface area contributed by atoms with Gasteiger partial charge in [-0.3, -0.25) is 0 Å². The van der Waals surface area contributed by atoms with Crippen molar-refractivity contribution < 1.29 is 9.84 Å². The quantitative estimate of drug-likeness (QED) is 0.791. The lowest BCUT2D eigenvalue weighted by Crippen LogP contribution is -1.98. The molecule has 0 radical (unpaired) electrons. The van der Waals surface area contributed by atoms with Crippen LogP contribution in [0.25, 0.3) is 0 Å². The predicted molar refractivity (Wildman–Crippen MR) is 87.4 cm³/mol. The second-order valence-corrected chi connectivity index (χ2v) is 5.86. The molecule has 0 saturated carbocycles. The molecule has 0 aliphatic rings. The molecule has 2 aromatic rings. The van der Waals surface area contributed by atoms with Crippen LogP contribution in [0.2, 0.25) is 0 Å². The third kappa shape index (κ3) is 4.58. The number of aromatic nitrogens is 1. The third-order valence-electron chi connectivity index (χ3n) is 2.88. The van der Waals surface area contributed by atoms with E-state index in [4.69, 9.17) is 9.84 Å². The van der Waals surface area contributed by atoms with Crippen LogP contribution in [0.5, 0.6) is 5.75 Å². The number of anilines is 2. The van der Waals surface area contributed by atoms with Crippen LogP contribution in [0.15, 0.2) is 35.2 Å². The van der Waals surface area contributed by atoms with Crippen LogP contribution < -0.4 is 10.1 Å². The Hall–Kier alpha value is -1.85. The van der Waals surface area contributed by atoms with E-state index in [2.05, 4.69) is 24.1 Å². The molecule has 0 aliphatic heterocycles. The van der Waals surface area contributed by atoms with Gasteiger partial charge in [0.25, 0.3) is 0 Å². The minimum absolute atomic E-state index is 0.0385. The normalized spacial score (nSPS) is 10.3. The van der Waals surface area contributed by atoms with Crippen molar-refractivity contribution in [2.45, 2.75) is 27.4 Å². The van der Waals surface area contributed by atoms with Gasteiger partial charge in [-0.1, -0.05) is 11.6 Å². The van der Waals surface area contributed by atoms with Crippen molar-refractivity contribution >= 4 is 22.2 Å². The van der Waals surface area contributed by atoms with Crippen molar-refractivity contribution in [2.75, 3.05) is 11.9 Å². The van der Waals surface area contributed by atoms with Crippen molar-refractivity contribution in [2.24, 2.45) is 0 Å². The summed E-state index contributed by atoms with van der Waals surface area (Å²) in [6.07, 6.45) is 2.05. The fraction of sp³-hybridized carbons (Fsp3) is 0.312. The molecule has 0 amide bonds. The van der Waals surface area contributed by atoms with Crippen LogP contribution in [-0.4, -0.2) is 16.7 Å². The van der Waals surface area contributed by atoms with Crippen LogP contribution in [0, 0.1) is 6.92 Å². The summed E-state index contributed by atoms with van der Waals surface area (Å²) in [4.78, 5) is 4.27. The second kappa shape index (κ2) is 7.24. The molecule has 0 aliphatic carbocycles. The van der Waals surface area contributed by atoms with Crippen LogP contribution in [0.4, 0.5) is 10.8 Å². The monoisotopic (exact) mass is 304 g/mol. The first-order valence-electron chi connectivity index (χ1n) is 6.77. The summed E-state index contributed by atoms with van der Waals surface area (Å²) in [7, 11) is 0. The SMILES string of the molecule is CC(C)=CCOc1cc(Nc2nc(CO)cs2)ccc1C. The highest BCUT2D eigenvalue weighted by atomic mass is 32.1. The van der Waals surface area contributed by atoms with E-state index in [1.54, 1.807) is 0 Å². The topological polar surface area (TPSA) is 54.4 Å². The van der Waals surface area contributed by atoms with Gasteiger partial charge in [0, 0.05) is 17.1 Å². The van der Waals surface area contributed by atoms with E-state index >= 15 is 0 Å². The summed E-state index contributed by atoms with van der Waals surface area (Å²) in [6, 6.07) is 5.97. The highest BCUT2D eigenvalue weighted by molar-refractivity contribution is 7.13. The van der Waals surface area contributed by atoms with Gasteiger partial charge in [0.05, 0.1) is 12.3 Å². The molecule has 5 heteroatoms. The van der Waals surface area contributed by atoms with E-state index in [9.17, 15) is 0 Å². The molecule has 1 heterocycles. The Kier molecular flexibility index (Phi) is 5.36. The van der Waals surface area contributed by atoms with Crippen molar-refractivity contribution in [3.05, 3.63) is 46.5 Å². The molecule has 1 aromatic carbocycles. The summed E-state index contributed by atoms with van der Waals surface area (Å²) < 4.78 is 5.78. The zero-order chi connectivity index (χ0) is 15.2. The minimum atomic E-state index is -0.0385. The summed E-state index contributed by atoms with van der Waals surface area (Å²) in [5.74, 6) is 0.858. The van der Waals surface area contributed by atoms with E-state index in [1.165, 1.54) is 16.9 Å². The van der Waals surface area contributed by atoms with Gasteiger partial charge in [0.2, 0.25) is 0 Å². The number of ether oxygens (including phenoxy) is 1. The van der Waals surface area contributed by atoms with Gasteiger partial charge in [-0.2, -0.15) is 0 Å². The lowest BCUT2D eigenvalue weighted by molar-refractivity contribution is 0.278. The Bertz CT molecular complexity index is 631. The van der Waals surface area contributed by atoms with Crippen LogP contribution in [0.1, 0.15) is 25.1 Å². The van der Waals surface area contributed by atoms with E-state index in [1.807, 2.05) is 36.6 Å². The number of aliphatic hydroxyl groups excluding tert-OH is 1. The van der Waals surface area contributed by atoms with Gasteiger partial charge in [-0.05, 0) is 38.5 Å². The molecule has 1 aromatic heterocycles. The molecule has 21 heavy (non-hydrogen) atoms. The number of allylic oxidation sites excluding steroid dienone is 1. The lowest BCUT2D eigenvalue weighted by Gasteiger charge is -2.10. The molecule has 0 bridgehead atoms. The molecule has 112 valence electrons. The first kappa shape index (κ1) is 15.5. The minimum Gasteiger partial charge on any atom is -0.489 e. The molecule has 2 rings (SSSR count). The molecule has 0 unspecified atom stereocenters. The number of nitrogens with zero attached hydrogens (tertiary/aromatic N) is 1. The van der Waals surface area contributed by atoms with Crippen LogP contribution >= 0.6 is 11.3 Å². The fourth-order valence-electron chi connectivity index (χ4n) is 1.69. The Morgan fingerprint density at radius 2 is 2.24 bits per heavy atom. The van der Waals surface area contributed by atoms with Gasteiger partial charge in [0.1, 0.15) is 12.4 Å². The number of rotatable bonds is 6. The maximum absolute atomic E-state index is 9.03. The number of hydrogen-bond acceptors (Lipinski definition) is 5. The van der Waals surface area contributed by atoms with Gasteiger partial charge in [-0.15, -0.1) is 11.3 Å². The molecule has 2 N–H and O–H groups in total. The third-order valence-corrected chi connectivity index (χ3v) is 3.69. The Morgan fingerprint density at radius 3 is 2.90 bits per heavy atom. The van der Waals surface area contributed by atoms with Gasteiger partial charge >= 0.3 is 0 Å². The molecular weight excluding hydrogens is 284 g/mol. The molecule has 0 spiro atoms. The standard InChI is InChI=1S/C16H20N2O2S/c1-11(2)6-7-20-15-8-13(5-4-12(15)3)17-16-18-14(9-19)10-21-16/h4-6,8,10,19H,7,9H2,1-3H3,(H,17,18). The maximum Gasteiger partial charge on any atom is 0.187 e. The largest absolute Gasteiger partial charge is 0.489 e. The molecular formula is C16H20N2O2S. The second-order valence-electron chi connectivity index (χ2n) is 5.00. The average Bonchev–Trinajstić information content (AvgIpc) is 2.89. The highest BCUT2D eigenvalue weighted by Crippen LogP contribution is 2.26. The number of hydrogen-bond donors (Lipinski definition) is 2. The van der Waals surface area contributed by atoms with Crippen LogP contribution in [0.3, 0.4) is 0 Å². The fourth-order valence-corrected chi connectivity index (χ4v) is 2.41. The van der Waals surface area contributed by atoms with Gasteiger partial charge < -0.3 is 15.2 Å². The van der Waals surface area contributed by atoms with E-state index in [0.717, 1.165) is 22.1 Å². The molecule has 0 fully saturated rings. The lowest BCUT2D eigenvalue weighted by atomic mass is 10.2. The molecule has 0 saturated heterocycles. The average molecular weight is 304 g/mol. The predicted octanol–water partition coefficient (Wildman–Crippen LogP) is 4.03. The summed E-state index contributed by atoms with van der Waals surface area (Å²) in [6.45, 7) is 6.65. The van der Waals surface area contributed by atoms with E-state index < -0.39 is 0 Å². The van der Waals surface area contributed by atoms with E-state index in [-0.39, 0.29) is 6.61 Å². The van der Waals surface area contributed by atoms with Crippen molar-refractivity contribution in [1.82, 2.24) is 4.98 Å². The zero-order valence-electron chi connectivity index (χ0n) is 12.5. The zero-order valence-corrected chi connectivity index (χ0v) is 13.3. The number of aliphatic hydroxyl groups is 1. The summed E-state index contributed by atoms with van der Waals surface area (Å²) >= 11 is 1.47. The number of thiazole rings is 1. The van der Waals surface area contributed by atoms with Crippen molar-refractivity contribution in [1.29, 1.82) is 0 Å². The molecule has 0 atom stereocenters. The first-order valence-corrected chi connectivity index (χ1v) is 7.65. The first-order chi connectivity index (χ1) is 10.1. The number of benzene rings is 1. The number of aryl methyl sites for hydroxylation is 1. The Balaban J connectivity index is 2.08. The van der Waals surface area contributed by atoms with Gasteiger partial charge in [0.15, 0.2) is 5.13 Å². The van der Waals surface area contributed by atoms with Gasteiger partial charge in [-0.25, -0.2) is 4.98 Å². The van der Waals surface area contributed by atoms with Crippen LogP contribution in [-0.2, 0) is 6.61 Å². The smallest absolute Gasteiger partial charge is 0.187 e. The summed E-state index contributed by atoms with van der Waals surface area (Å²) in [5, 5.41) is 14.9. The van der Waals surface area contributed by atoms with E-state index in [0.29, 0.717) is 12.3 Å².